The Morgan fingerprint density at radius 2 is 2.07 bits per heavy atom. The summed E-state index contributed by atoms with van der Waals surface area (Å²) in [6, 6.07) is 6.33. The molecule has 0 aliphatic rings. The molecule has 2 N–H and O–H groups in total. The van der Waals surface area contributed by atoms with Crippen molar-refractivity contribution in [2.45, 2.75) is 13.3 Å². The standard InChI is InChI=1S/C11H17BrN2/c1-9-8-10(4-5-11(9)12)14-7-3-6-13-2/h4-5,8,13-14H,3,6-7H2,1-2H3. The second-order valence-electron chi connectivity index (χ2n) is 3.35. The molecule has 3 heteroatoms. The highest BCUT2D eigenvalue weighted by molar-refractivity contribution is 9.10. The number of anilines is 1. The van der Waals surface area contributed by atoms with Crippen LogP contribution in [-0.2, 0) is 0 Å². The maximum Gasteiger partial charge on any atom is 0.0343 e. The zero-order chi connectivity index (χ0) is 10.4. The summed E-state index contributed by atoms with van der Waals surface area (Å²) in [5, 5.41) is 6.51. The van der Waals surface area contributed by atoms with Crippen molar-refractivity contribution < 1.29 is 0 Å². The summed E-state index contributed by atoms with van der Waals surface area (Å²) in [7, 11) is 1.98. The van der Waals surface area contributed by atoms with Gasteiger partial charge in [-0.25, -0.2) is 0 Å². The van der Waals surface area contributed by atoms with E-state index in [2.05, 4.69) is 51.7 Å². The Labute approximate surface area is 94.2 Å². The van der Waals surface area contributed by atoms with E-state index in [0.717, 1.165) is 19.5 Å². The normalized spacial score (nSPS) is 10.2. The molecular weight excluding hydrogens is 240 g/mol. The van der Waals surface area contributed by atoms with Gasteiger partial charge >= 0.3 is 0 Å². The van der Waals surface area contributed by atoms with E-state index in [-0.39, 0.29) is 0 Å². The molecule has 0 aromatic heterocycles. The minimum atomic E-state index is 1.02. The van der Waals surface area contributed by atoms with Crippen LogP contribution in [0, 0.1) is 6.92 Å². The molecule has 0 bridgehead atoms. The Kier molecular flexibility index (Phi) is 4.98. The lowest BCUT2D eigenvalue weighted by Gasteiger charge is -2.07. The fourth-order valence-electron chi connectivity index (χ4n) is 1.25. The first kappa shape index (κ1) is 11.5. The molecule has 1 aromatic rings. The van der Waals surface area contributed by atoms with E-state index in [9.17, 15) is 0 Å². The van der Waals surface area contributed by atoms with E-state index in [4.69, 9.17) is 0 Å². The van der Waals surface area contributed by atoms with Crippen molar-refractivity contribution in [3.05, 3.63) is 28.2 Å². The molecular formula is C11H17BrN2. The van der Waals surface area contributed by atoms with Crippen molar-refractivity contribution in [1.29, 1.82) is 0 Å². The van der Waals surface area contributed by atoms with Gasteiger partial charge in [0.05, 0.1) is 0 Å². The number of hydrogen-bond donors (Lipinski definition) is 2. The topological polar surface area (TPSA) is 24.1 Å². The molecule has 0 spiro atoms. The number of rotatable bonds is 5. The van der Waals surface area contributed by atoms with Crippen molar-refractivity contribution in [2.75, 3.05) is 25.5 Å². The van der Waals surface area contributed by atoms with Crippen LogP contribution in [0.1, 0.15) is 12.0 Å². The highest BCUT2D eigenvalue weighted by Crippen LogP contribution is 2.19. The number of benzene rings is 1. The minimum Gasteiger partial charge on any atom is -0.385 e. The van der Waals surface area contributed by atoms with E-state index in [1.165, 1.54) is 15.7 Å². The zero-order valence-corrected chi connectivity index (χ0v) is 10.3. The van der Waals surface area contributed by atoms with Gasteiger partial charge in [-0.3, -0.25) is 0 Å². The zero-order valence-electron chi connectivity index (χ0n) is 8.73. The van der Waals surface area contributed by atoms with Crippen LogP contribution in [-0.4, -0.2) is 20.1 Å². The molecule has 0 atom stereocenters. The molecule has 0 heterocycles. The SMILES string of the molecule is CNCCCNc1ccc(Br)c(C)c1. The Morgan fingerprint density at radius 3 is 2.71 bits per heavy atom. The van der Waals surface area contributed by atoms with Gasteiger partial charge in [0.15, 0.2) is 0 Å². The third-order valence-corrected chi connectivity index (χ3v) is 2.98. The van der Waals surface area contributed by atoms with Gasteiger partial charge in [-0.1, -0.05) is 15.9 Å². The average Bonchev–Trinajstić information content (AvgIpc) is 2.18. The summed E-state index contributed by atoms with van der Waals surface area (Å²) in [5.41, 5.74) is 2.46. The first-order valence-corrected chi connectivity index (χ1v) is 5.68. The van der Waals surface area contributed by atoms with Gasteiger partial charge in [0.25, 0.3) is 0 Å². The van der Waals surface area contributed by atoms with Crippen LogP contribution in [0.15, 0.2) is 22.7 Å². The van der Waals surface area contributed by atoms with Crippen LogP contribution in [0.2, 0.25) is 0 Å². The summed E-state index contributed by atoms with van der Waals surface area (Å²) in [6.45, 7) is 4.17. The highest BCUT2D eigenvalue weighted by Gasteiger charge is 1.95. The van der Waals surface area contributed by atoms with Gasteiger partial charge in [-0.15, -0.1) is 0 Å². The summed E-state index contributed by atoms with van der Waals surface area (Å²) in [4.78, 5) is 0. The average molecular weight is 257 g/mol. The third kappa shape index (κ3) is 3.68. The molecule has 0 unspecified atom stereocenters. The second-order valence-corrected chi connectivity index (χ2v) is 4.20. The van der Waals surface area contributed by atoms with E-state index in [1.807, 2.05) is 7.05 Å². The monoisotopic (exact) mass is 256 g/mol. The molecule has 0 saturated carbocycles. The Bertz CT molecular complexity index is 287. The fraction of sp³-hybridized carbons (Fsp3) is 0.455. The van der Waals surface area contributed by atoms with Gasteiger partial charge < -0.3 is 10.6 Å². The van der Waals surface area contributed by atoms with Gasteiger partial charge in [0.2, 0.25) is 0 Å². The Balaban J connectivity index is 2.39. The molecule has 0 aliphatic carbocycles. The Morgan fingerprint density at radius 1 is 1.29 bits per heavy atom. The first-order valence-electron chi connectivity index (χ1n) is 4.88. The molecule has 0 fully saturated rings. The summed E-state index contributed by atoms with van der Waals surface area (Å²) in [6.07, 6.45) is 1.14. The number of halogens is 1. The summed E-state index contributed by atoms with van der Waals surface area (Å²) >= 11 is 3.48. The van der Waals surface area contributed by atoms with Crippen LogP contribution in [0.4, 0.5) is 5.69 Å². The Hall–Kier alpha value is -0.540. The molecule has 2 nitrogen and oxygen atoms in total. The lowest BCUT2D eigenvalue weighted by atomic mass is 10.2. The molecule has 0 amide bonds. The van der Waals surface area contributed by atoms with Crippen LogP contribution in [0.5, 0.6) is 0 Å². The second kappa shape index (κ2) is 6.04. The lowest BCUT2D eigenvalue weighted by Crippen LogP contribution is -2.12. The first-order chi connectivity index (χ1) is 6.74. The molecule has 0 radical (unpaired) electrons. The third-order valence-electron chi connectivity index (χ3n) is 2.09. The maximum atomic E-state index is 3.48. The van der Waals surface area contributed by atoms with Gasteiger partial charge in [0, 0.05) is 16.7 Å². The van der Waals surface area contributed by atoms with E-state index in [0.29, 0.717) is 0 Å². The fourth-order valence-corrected chi connectivity index (χ4v) is 1.50. The summed E-state index contributed by atoms with van der Waals surface area (Å²) in [5.74, 6) is 0. The van der Waals surface area contributed by atoms with Crippen molar-refractivity contribution >= 4 is 21.6 Å². The highest BCUT2D eigenvalue weighted by atomic mass is 79.9. The number of nitrogens with one attached hydrogen (secondary N) is 2. The molecule has 0 aliphatic heterocycles. The van der Waals surface area contributed by atoms with Gasteiger partial charge in [-0.05, 0) is 50.7 Å². The molecule has 1 aromatic carbocycles. The van der Waals surface area contributed by atoms with Gasteiger partial charge in [0.1, 0.15) is 0 Å². The minimum absolute atomic E-state index is 1.02. The van der Waals surface area contributed by atoms with Crippen molar-refractivity contribution in [2.24, 2.45) is 0 Å². The van der Waals surface area contributed by atoms with Crippen LogP contribution in [0.3, 0.4) is 0 Å². The lowest BCUT2D eigenvalue weighted by molar-refractivity contribution is 0.748. The maximum absolute atomic E-state index is 3.48. The largest absolute Gasteiger partial charge is 0.385 e. The van der Waals surface area contributed by atoms with Crippen molar-refractivity contribution in [1.82, 2.24) is 5.32 Å². The molecule has 0 saturated heterocycles. The van der Waals surface area contributed by atoms with Crippen LogP contribution in [0.25, 0.3) is 0 Å². The predicted molar refractivity (Wildman–Crippen MR) is 65.9 cm³/mol. The van der Waals surface area contributed by atoms with Crippen molar-refractivity contribution in [3.8, 4) is 0 Å². The number of aryl methyl sites for hydroxylation is 1. The van der Waals surface area contributed by atoms with Crippen molar-refractivity contribution in [3.63, 3.8) is 0 Å². The van der Waals surface area contributed by atoms with Crippen LogP contribution >= 0.6 is 15.9 Å². The van der Waals surface area contributed by atoms with E-state index < -0.39 is 0 Å². The molecule has 14 heavy (non-hydrogen) atoms. The predicted octanol–water partition coefficient (Wildman–Crippen LogP) is 2.78. The van der Waals surface area contributed by atoms with Gasteiger partial charge in [-0.2, -0.15) is 0 Å². The van der Waals surface area contributed by atoms with E-state index >= 15 is 0 Å². The van der Waals surface area contributed by atoms with Crippen LogP contribution < -0.4 is 10.6 Å². The molecule has 1 rings (SSSR count). The number of hydrogen-bond acceptors (Lipinski definition) is 2. The smallest absolute Gasteiger partial charge is 0.0343 e. The molecule has 78 valence electrons. The quantitative estimate of drug-likeness (QED) is 0.792. The summed E-state index contributed by atoms with van der Waals surface area (Å²) < 4.78 is 1.17. The van der Waals surface area contributed by atoms with E-state index in [1.54, 1.807) is 0 Å².